The van der Waals surface area contributed by atoms with Gasteiger partial charge in [-0.15, -0.1) is 0 Å². The van der Waals surface area contributed by atoms with E-state index in [4.69, 9.17) is 4.74 Å². The molecule has 0 fully saturated rings. The summed E-state index contributed by atoms with van der Waals surface area (Å²) in [6, 6.07) is -0.712. The second-order valence-corrected chi connectivity index (χ2v) is 19.3. The van der Waals surface area contributed by atoms with E-state index < -0.39 is 18.2 Å². The molecule has 3 unspecified atom stereocenters. The molecule has 66 heavy (non-hydrogen) atoms. The minimum absolute atomic E-state index is 0.0586. The molecule has 0 spiro atoms. The highest BCUT2D eigenvalue weighted by Crippen LogP contribution is 2.18. The summed E-state index contributed by atoms with van der Waals surface area (Å²) in [6.45, 7) is 6.45. The Labute approximate surface area is 409 Å². The highest BCUT2D eigenvalue weighted by Gasteiger charge is 2.24. The molecule has 0 rings (SSSR count). The zero-order valence-electron chi connectivity index (χ0n) is 43.8. The summed E-state index contributed by atoms with van der Waals surface area (Å²) in [4.78, 5) is 26.2. The number of ether oxygens (including phenoxy) is 1. The number of hydrogen-bond donors (Lipinski definition) is 3. The molecule has 0 aliphatic rings. The number of amides is 1. The summed E-state index contributed by atoms with van der Waals surface area (Å²) in [5.74, 6) is -0.512. The van der Waals surface area contributed by atoms with Crippen LogP contribution >= 0.6 is 0 Å². The van der Waals surface area contributed by atoms with E-state index in [1.165, 1.54) is 148 Å². The van der Waals surface area contributed by atoms with E-state index in [2.05, 4.69) is 86.8 Å². The Morgan fingerprint density at radius 2 is 0.773 bits per heavy atom. The highest BCUT2D eigenvalue weighted by atomic mass is 16.5. The number of carbonyl (C=O) groups is 2. The predicted molar refractivity (Wildman–Crippen MR) is 287 cm³/mol. The predicted octanol–water partition coefficient (Wildman–Crippen LogP) is 17.6. The maximum Gasteiger partial charge on any atom is 0.306 e. The Morgan fingerprint density at radius 3 is 1.23 bits per heavy atom. The third-order valence-electron chi connectivity index (χ3n) is 12.8. The molecule has 0 aromatic carbocycles. The number of unbranched alkanes of at least 4 members (excludes halogenated alkanes) is 29. The van der Waals surface area contributed by atoms with E-state index in [0.717, 1.165) is 89.9 Å². The number of esters is 1. The van der Waals surface area contributed by atoms with Crippen molar-refractivity contribution in [1.82, 2.24) is 5.32 Å². The topological polar surface area (TPSA) is 95.9 Å². The smallest absolute Gasteiger partial charge is 0.306 e. The van der Waals surface area contributed by atoms with Crippen LogP contribution in [0.3, 0.4) is 0 Å². The van der Waals surface area contributed by atoms with Crippen molar-refractivity contribution in [3.8, 4) is 0 Å². The maximum atomic E-state index is 13.3. The summed E-state index contributed by atoms with van der Waals surface area (Å²) >= 11 is 0. The number of aliphatic hydroxyl groups excluding tert-OH is 2. The van der Waals surface area contributed by atoms with Gasteiger partial charge in [0.05, 0.1) is 25.2 Å². The van der Waals surface area contributed by atoms with Crippen molar-refractivity contribution in [1.29, 1.82) is 0 Å². The van der Waals surface area contributed by atoms with Crippen LogP contribution < -0.4 is 5.32 Å². The van der Waals surface area contributed by atoms with Gasteiger partial charge in [-0.3, -0.25) is 9.59 Å². The Kier molecular flexibility index (Phi) is 51.5. The van der Waals surface area contributed by atoms with E-state index in [1.54, 1.807) is 0 Å². The highest BCUT2D eigenvalue weighted by molar-refractivity contribution is 5.77. The molecule has 0 aliphatic heterocycles. The van der Waals surface area contributed by atoms with Crippen molar-refractivity contribution >= 4 is 11.9 Å². The number of allylic oxidation sites excluding steroid dienone is 10. The summed E-state index contributed by atoms with van der Waals surface area (Å²) in [5.41, 5.74) is 0. The molecule has 384 valence electrons. The van der Waals surface area contributed by atoms with E-state index in [-0.39, 0.29) is 24.9 Å². The van der Waals surface area contributed by atoms with E-state index >= 15 is 0 Å². The van der Waals surface area contributed by atoms with Gasteiger partial charge in [-0.05, 0) is 96.3 Å². The SMILES string of the molecule is CCCCC/C=C\C/C=C\C/C=C\C/C=C\CCCCCC(=O)OC(CCCCCCC/C=C\CCCCCC)CC(=O)NC(CO)C(O)CCCCCCCCCCCCCCCCC. The van der Waals surface area contributed by atoms with Crippen molar-refractivity contribution in [3.63, 3.8) is 0 Å². The summed E-state index contributed by atoms with van der Waals surface area (Å²) in [6.07, 6.45) is 67.1. The lowest BCUT2D eigenvalue weighted by Crippen LogP contribution is -2.46. The van der Waals surface area contributed by atoms with Crippen LogP contribution in [0.25, 0.3) is 0 Å². The Bertz CT molecular complexity index is 1170. The molecule has 0 saturated heterocycles. The first-order valence-corrected chi connectivity index (χ1v) is 28.5. The third-order valence-corrected chi connectivity index (χ3v) is 12.8. The molecule has 0 bridgehead atoms. The molecule has 0 saturated carbocycles. The van der Waals surface area contributed by atoms with Crippen molar-refractivity contribution < 1.29 is 24.5 Å². The summed E-state index contributed by atoms with van der Waals surface area (Å²) in [7, 11) is 0. The van der Waals surface area contributed by atoms with Crippen LogP contribution in [0.5, 0.6) is 0 Å². The summed E-state index contributed by atoms with van der Waals surface area (Å²) in [5, 5.41) is 23.9. The normalized spacial score (nSPS) is 13.6. The molecule has 0 aromatic heterocycles. The fourth-order valence-corrected chi connectivity index (χ4v) is 8.47. The standard InChI is InChI=1S/C60H109NO5/c1-4-7-10-13-16-19-22-25-27-28-29-30-32-35-38-41-44-47-50-53-60(65)66-56(51-48-45-42-39-36-33-24-21-18-15-12-9-6-3)54-59(64)61-57(55-62)58(63)52-49-46-43-40-37-34-31-26-23-20-17-14-11-8-5-2/h16,19,21,24-25,27,29-30,35,38,56-58,62-63H,4-15,17-18,20,22-23,26,28,31-34,36-37,39-55H2,1-3H3,(H,61,64)/b19-16-,24-21-,27-25-,30-29-,38-35-. The lowest BCUT2D eigenvalue weighted by atomic mass is 10.0. The summed E-state index contributed by atoms with van der Waals surface area (Å²) < 4.78 is 5.94. The average molecular weight is 925 g/mol. The van der Waals surface area contributed by atoms with E-state index in [9.17, 15) is 19.8 Å². The van der Waals surface area contributed by atoms with Crippen LogP contribution in [0.2, 0.25) is 0 Å². The largest absolute Gasteiger partial charge is 0.462 e. The first kappa shape index (κ1) is 63.6. The molecule has 0 radical (unpaired) electrons. The van der Waals surface area contributed by atoms with Crippen LogP contribution in [0.1, 0.15) is 284 Å². The van der Waals surface area contributed by atoms with Gasteiger partial charge in [0.2, 0.25) is 5.91 Å². The number of nitrogens with one attached hydrogen (secondary N) is 1. The van der Waals surface area contributed by atoms with E-state index in [0.29, 0.717) is 19.3 Å². The van der Waals surface area contributed by atoms with Gasteiger partial charge in [0, 0.05) is 6.42 Å². The molecular weight excluding hydrogens is 815 g/mol. The van der Waals surface area contributed by atoms with Crippen LogP contribution in [0, 0.1) is 0 Å². The zero-order valence-corrected chi connectivity index (χ0v) is 43.8. The first-order valence-electron chi connectivity index (χ1n) is 28.5. The molecule has 6 nitrogen and oxygen atoms in total. The maximum absolute atomic E-state index is 13.3. The molecular formula is C60H109NO5. The molecule has 6 heteroatoms. The molecule has 3 N–H and O–H groups in total. The molecule has 0 aromatic rings. The van der Waals surface area contributed by atoms with Crippen LogP contribution in [0.15, 0.2) is 60.8 Å². The van der Waals surface area contributed by atoms with Crippen LogP contribution in [0.4, 0.5) is 0 Å². The second kappa shape index (κ2) is 53.5. The Balaban J connectivity index is 4.59. The van der Waals surface area contributed by atoms with Crippen molar-refractivity contribution in [2.75, 3.05) is 6.61 Å². The minimum atomic E-state index is -0.797. The van der Waals surface area contributed by atoms with Gasteiger partial charge in [-0.2, -0.15) is 0 Å². The lowest BCUT2D eigenvalue weighted by Gasteiger charge is -2.24. The number of aliphatic hydroxyl groups is 2. The van der Waals surface area contributed by atoms with Crippen molar-refractivity contribution in [2.45, 2.75) is 302 Å². The van der Waals surface area contributed by atoms with Crippen LogP contribution in [-0.2, 0) is 14.3 Å². The fourth-order valence-electron chi connectivity index (χ4n) is 8.47. The van der Waals surface area contributed by atoms with E-state index in [1.807, 2.05) is 0 Å². The molecule has 1 amide bonds. The van der Waals surface area contributed by atoms with Gasteiger partial charge in [0.15, 0.2) is 0 Å². The molecule has 0 aliphatic carbocycles. The second-order valence-electron chi connectivity index (χ2n) is 19.3. The quantitative estimate of drug-likeness (QED) is 0.0321. The van der Waals surface area contributed by atoms with Gasteiger partial charge >= 0.3 is 5.97 Å². The van der Waals surface area contributed by atoms with Gasteiger partial charge in [-0.1, -0.05) is 236 Å². The van der Waals surface area contributed by atoms with Gasteiger partial charge in [0.1, 0.15) is 6.10 Å². The third kappa shape index (κ3) is 48.0. The monoisotopic (exact) mass is 924 g/mol. The van der Waals surface area contributed by atoms with Crippen molar-refractivity contribution in [3.05, 3.63) is 60.8 Å². The van der Waals surface area contributed by atoms with Gasteiger partial charge in [0.25, 0.3) is 0 Å². The first-order chi connectivity index (χ1) is 32.5. The van der Waals surface area contributed by atoms with Crippen LogP contribution in [-0.4, -0.2) is 46.9 Å². The van der Waals surface area contributed by atoms with Crippen molar-refractivity contribution in [2.24, 2.45) is 0 Å². The Morgan fingerprint density at radius 1 is 0.439 bits per heavy atom. The van der Waals surface area contributed by atoms with Gasteiger partial charge in [-0.25, -0.2) is 0 Å². The lowest BCUT2D eigenvalue weighted by molar-refractivity contribution is -0.151. The molecule has 0 heterocycles. The zero-order chi connectivity index (χ0) is 48.1. The number of hydrogen-bond acceptors (Lipinski definition) is 5. The number of carbonyl (C=O) groups excluding carboxylic acids is 2. The average Bonchev–Trinajstić information content (AvgIpc) is 3.31. The minimum Gasteiger partial charge on any atom is -0.462 e. The fraction of sp³-hybridized carbons (Fsp3) is 0.800. The Hall–Kier alpha value is -2.44. The number of rotatable bonds is 51. The molecule has 3 atom stereocenters. The van der Waals surface area contributed by atoms with Gasteiger partial charge < -0.3 is 20.3 Å².